The molecule has 11 aromatic rings. The fourth-order valence-electron chi connectivity index (χ4n) is 8.07. The van der Waals surface area contributed by atoms with Gasteiger partial charge in [-0.25, -0.2) is 15.0 Å². The molecule has 5 nitrogen and oxygen atoms in total. The van der Waals surface area contributed by atoms with Crippen LogP contribution in [0.1, 0.15) is 0 Å². The molecular weight excluding hydrogens is 721 g/mol. The van der Waals surface area contributed by atoms with Gasteiger partial charge in [0.2, 0.25) is 0 Å². The maximum Gasteiger partial charge on any atom is 0.164 e. The van der Waals surface area contributed by atoms with E-state index in [1.54, 1.807) is 0 Å². The summed E-state index contributed by atoms with van der Waals surface area (Å²) >= 11 is 0. The predicted molar refractivity (Wildman–Crippen MR) is 240 cm³/mol. The molecule has 0 N–H and O–H groups in total. The van der Waals surface area contributed by atoms with Crippen molar-refractivity contribution < 1.29 is 4.42 Å². The highest BCUT2D eigenvalue weighted by molar-refractivity contribution is 6.22. The number of fused-ring (bicyclic) bond motifs is 5. The Kier molecular flexibility index (Phi) is 8.41. The zero-order valence-corrected chi connectivity index (χ0v) is 31.8. The van der Waals surface area contributed by atoms with Crippen LogP contribution in [0.2, 0.25) is 0 Å². The van der Waals surface area contributed by atoms with E-state index in [9.17, 15) is 0 Å². The quantitative estimate of drug-likeness (QED) is 0.162. The summed E-state index contributed by atoms with van der Waals surface area (Å²) in [6, 6.07) is 69.1. The van der Waals surface area contributed by atoms with E-state index in [-0.39, 0.29) is 0 Å². The monoisotopic (exact) mass is 754 g/mol. The smallest absolute Gasteiger partial charge is 0.164 e. The van der Waals surface area contributed by atoms with E-state index in [0.717, 1.165) is 94.0 Å². The minimum Gasteiger partial charge on any atom is -0.455 e. The number of aromatic nitrogens is 4. The van der Waals surface area contributed by atoms with Crippen LogP contribution in [0, 0.1) is 0 Å². The van der Waals surface area contributed by atoms with Gasteiger partial charge in [-0.05, 0) is 63.0 Å². The number of furan rings is 1. The second-order valence-corrected chi connectivity index (χ2v) is 14.6. The maximum atomic E-state index is 6.64. The second kappa shape index (κ2) is 14.5. The minimum atomic E-state index is 0.606. The van der Waals surface area contributed by atoms with Crippen LogP contribution in [-0.2, 0) is 0 Å². The summed E-state index contributed by atoms with van der Waals surface area (Å²) in [6.07, 6.45) is 1.84. The lowest BCUT2D eigenvalue weighted by Gasteiger charge is -2.11. The Morgan fingerprint density at radius 3 is 1.34 bits per heavy atom. The van der Waals surface area contributed by atoms with Crippen molar-refractivity contribution in [2.75, 3.05) is 0 Å². The Morgan fingerprint density at radius 2 is 0.797 bits per heavy atom. The molecule has 0 saturated heterocycles. The molecule has 0 aliphatic rings. The third-order valence-corrected chi connectivity index (χ3v) is 11.0. The van der Waals surface area contributed by atoms with Gasteiger partial charge < -0.3 is 4.42 Å². The first-order valence-corrected chi connectivity index (χ1v) is 19.7. The topological polar surface area (TPSA) is 64.7 Å². The van der Waals surface area contributed by atoms with Crippen molar-refractivity contribution >= 4 is 32.7 Å². The van der Waals surface area contributed by atoms with Crippen LogP contribution < -0.4 is 0 Å². The molecule has 276 valence electrons. The zero-order valence-electron chi connectivity index (χ0n) is 31.8. The van der Waals surface area contributed by atoms with Gasteiger partial charge in [0.15, 0.2) is 17.5 Å². The molecule has 0 aliphatic heterocycles. The molecule has 59 heavy (non-hydrogen) atoms. The molecule has 0 atom stereocenters. The van der Waals surface area contributed by atoms with Gasteiger partial charge >= 0.3 is 0 Å². The first-order valence-electron chi connectivity index (χ1n) is 19.7. The van der Waals surface area contributed by atoms with Crippen LogP contribution in [0.5, 0.6) is 0 Å². The van der Waals surface area contributed by atoms with Crippen molar-refractivity contribution in [2.45, 2.75) is 0 Å². The summed E-state index contributed by atoms with van der Waals surface area (Å²) in [7, 11) is 0. The number of rotatable bonds is 7. The summed E-state index contributed by atoms with van der Waals surface area (Å²) in [4.78, 5) is 19.9. The molecule has 0 saturated carbocycles. The van der Waals surface area contributed by atoms with Gasteiger partial charge in [0.25, 0.3) is 0 Å². The van der Waals surface area contributed by atoms with Crippen LogP contribution in [0.4, 0.5) is 0 Å². The van der Waals surface area contributed by atoms with Crippen LogP contribution in [0.15, 0.2) is 211 Å². The summed E-state index contributed by atoms with van der Waals surface area (Å²) in [6.45, 7) is 0. The highest BCUT2D eigenvalue weighted by Gasteiger charge is 2.19. The summed E-state index contributed by atoms with van der Waals surface area (Å²) in [5.41, 5.74) is 13.2. The van der Waals surface area contributed by atoms with Crippen molar-refractivity contribution in [1.82, 2.24) is 19.9 Å². The number of nitrogens with zero attached hydrogens (tertiary/aromatic N) is 4. The summed E-state index contributed by atoms with van der Waals surface area (Å²) in [5.74, 6) is 1.84. The molecule has 0 unspecified atom stereocenters. The van der Waals surface area contributed by atoms with E-state index >= 15 is 0 Å². The van der Waals surface area contributed by atoms with Gasteiger partial charge in [-0.2, -0.15) is 0 Å². The van der Waals surface area contributed by atoms with E-state index in [1.807, 2.05) is 30.5 Å². The Hall–Kier alpha value is -8.02. The fraction of sp³-hybridized carbons (Fsp3) is 0. The van der Waals surface area contributed by atoms with E-state index < -0.39 is 0 Å². The Labute approximate surface area is 341 Å². The normalized spacial score (nSPS) is 11.4. The Morgan fingerprint density at radius 1 is 0.322 bits per heavy atom. The van der Waals surface area contributed by atoms with Crippen LogP contribution in [0.3, 0.4) is 0 Å². The molecule has 0 spiro atoms. The fourth-order valence-corrected chi connectivity index (χ4v) is 8.07. The number of hydrogen-bond acceptors (Lipinski definition) is 5. The first kappa shape index (κ1) is 34.2. The zero-order chi connectivity index (χ0) is 39.1. The average Bonchev–Trinajstić information content (AvgIpc) is 3.71. The molecule has 0 aliphatic carbocycles. The molecule has 0 radical (unpaired) electrons. The largest absolute Gasteiger partial charge is 0.455 e. The molecule has 3 heterocycles. The van der Waals surface area contributed by atoms with Gasteiger partial charge in [0.05, 0.1) is 5.69 Å². The highest BCUT2D eigenvalue weighted by Crippen LogP contribution is 2.43. The van der Waals surface area contributed by atoms with Crippen molar-refractivity contribution in [1.29, 1.82) is 0 Å². The number of benzene rings is 8. The first-order chi connectivity index (χ1) is 29.2. The Bertz CT molecular complexity index is 3170. The van der Waals surface area contributed by atoms with Gasteiger partial charge in [0, 0.05) is 44.6 Å². The standard InChI is InChI=1S/C54H34N4O/c1-3-12-35(13-4-1)37-21-27-40(28-22-37)52-56-53(41-29-23-38(24-30-41)36-14-5-2-6-15-36)58-54(57-52)42-31-25-39(26-32-42)43-18-11-20-49-50(43)47-34-46(48-19-9-10-33-55-48)44-16-7-8-17-45(44)51(47)59-49/h1-34H. The van der Waals surface area contributed by atoms with Gasteiger partial charge in [-0.3, -0.25) is 4.98 Å². The molecule has 3 aromatic heterocycles. The van der Waals surface area contributed by atoms with Crippen LogP contribution >= 0.6 is 0 Å². The lowest BCUT2D eigenvalue weighted by Crippen LogP contribution is -2.00. The van der Waals surface area contributed by atoms with Gasteiger partial charge in [0.1, 0.15) is 11.2 Å². The van der Waals surface area contributed by atoms with Gasteiger partial charge in [-0.1, -0.05) is 176 Å². The van der Waals surface area contributed by atoms with Crippen molar-refractivity contribution in [3.8, 4) is 78.8 Å². The van der Waals surface area contributed by atoms with E-state index in [2.05, 4.69) is 176 Å². The lowest BCUT2D eigenvalue weighted by molar-refractivity contribution is 0.673. The summed E-state index contributed by atoms with van der Waals surface area (Å²) < 4.78 is 6.64. The van der Waals surface area contributed by atoms with Gasteiger partial charge in [-0.15, -0.1) is 0 Å². The molecule has 11 rings (SSSR count). The van der Waals surface area contributed by atoms with Crippen LogP contribution in [0.25, 0.3) is 112 Å². The van der Waals surface area contributed by atoms with Crippen molar-refractivity contribution in [2.24, 2.45) is 0 Å². The molecule has 0 amide bonds. The average molecular weight is 755 g/mol. The highest BCUT2D eigenvalue weighted by atomic mass is 16.3. The van der Waals surface area contributed by atoms with E-state index in [1.165, 1.54) is 0 Å². The van der Waals surface area contributed by atoms with Crippen LogP contribution in [-0.4, -0.2) is 19.9 Å². The molecule has 5 heteroatoms. The number of pyridine rings is 1. The SMILES string of the molecule is c1ccc(-c2ccc(-c3nc(-c4ccc(-c5ccccc5)cc4)nc(-c4ccc(-c5cccc6oc7c8ccccc8c(-c8ccccn8)cc7c56)cc4)n3)cc2)cc1. The third-order valence-electron chi connectivity index (χ3n) is 11.0. The third kappa shape index (κ3) is 6.32. The van der Waals surface area contributed by atoms with E-state index in [0.29, 0.717) is 17.5 Å². The molecular formula is C54H34N4O. The summed E-state index contributed by atoms with van der Waals surface area (Å²) in [5, 5.41) is 4.30. The molecule has 0 bridgehead atoms. The predicted octanol–water partition coefficient (Wildman–Crippen LogP) is 14.0. The Balaban J connectivity index is 1.01. The molecule has 0 fully saturated rings. The lowest BCUT2D eigenvalue weighted by atomic mass is 9.94. The van der Waals surface area contributed by atoms with E-state index in [4.69, 9.17) is 24.4 Å². The van der Waals surface area contributed by atoms with Crippen molar-refractivity contribution in [3.63, 3.8) is 0 Å². The molecule has 8 aromatic carbocycles. The number of hydrogen-bond donors (Lipinski definition) is 0. The van der Waals surface area contributed by atoms with Crippen molar-refractivity contribution in [3.05, 3.63) is 206 Å². The minimum absolute atomic E-state index is 0.606. The second-order valence-electron chi connectivity index (χ2n) is 14.6. The maximum absolute atomic E-state index is 6.64.